The molecule has 4 atom stereocenters. The summed E-state index contributed by atoms with van der Waals surface area (Å²) in [5.41, 5.74) is -0.813. The van der Waals surface area contributed by atoms with Crippen molar-refractivity contribution < 1.29 is 33.4 Å². The van der Waals surface area contributed by atoms with Gasteiger partial charge in [-0.25, -0.2) is 0 Å². The number of methoxy groups -OCH3 is 2. The molecule has 0 aromatic rings. The second-order valence-electron chi connectivity index (χ2n) is 8.11. The maximum absolute atomic E-state index is 12.4. The summed E-state index contributed by atoms with van der Waals surface area (Å²) >= 11 is 0. The summed E-state index contributed by atoms with van der Waals surface area (Å²) < 4.78 is 14.4. The Labute approximate surface area is 147 Å². The van der Waals surface area contributed by atoms with Crippen LogP contribution in [0.1, 0.15) is 40.5 Å². The summed E-state index contributed by atoms with van der Waals surface area (Å²) in [6, 6.07) is 0. The van der Waals surface area contributed by atoms with E-state index in [4.69, 9.17) is 4.74 Å². The van der Waals surface area contributed by atoms with E-state index in [-0.39, 0.29) is 36.6 Å². The van der Waals surface area contributed by atoms with Crippen LogP contribution in [-0.2, 0) is 33.4 Å². The lowest BCUT2D eigenvalue weighted by molar-refractivity contribution is -0.162. The standard InChI is InChI=1S/C18H26O7/c1-17(2)9(7-11(19)23-5)13(17)15(21)25-16(22)14-10(18(14,3)4)8-12(20)24-6/h9-10,13-14H,7-8H2,1-6H3/t9-,10-,13-,14-/m1/s1. The molecule has 7 heteroatoms. The molecule has 0 saturated heterocycles. The first-order valence-corrected chi connectivity index (χ1v) is 8.37. The number of esters is 4. The number of rotatable bonds is 6. The Morgan fingerprint density at radius 2 is 1.04 bits per heavy atom. The molecule has 0 aromatic heterocycles. The van der Waals surface area contributed by atoms with E-state index in [0.717, 1.165) is 0 Å². The fourth-order valence-corrected chi connectivity index (χ4v) is 3.94. The fraction of sp³-hybridized carbons (Fsp3) is 0.778. The number of hydrogen-bond donors (Lipinski definition) is 0. The minimum atomic E-state index is -0.608. The summed E-state index contributed by atoms with van der Waals surface area (Å²) in [5.74, 6) is -3.39. The fourth-order valence-electron chi connectivity index (χ4n) is 3.94. The third-order valence-corrected chi connectivity index (χ3v) is 6.04. The highest BCUT2D eigenvalue weighted by Crippen LogP contribution is 2.62. The van der Waals surface area contributed by atoms with E-state index >= 15 is 0 Å². The van der Waals surface area contributed by atoms with E-state index in [1.165, 1.54) is 14.2 Å². The highest BCUT2D eigenvalue weighted by molar-refractivity contribution is 5.92. The van der Waals surface area contributed by atoms with Crippen LogP contribution in [0.15, 0.2) is 0 Å². The average Bonchev–Trinajstić information content (AvgIpc) is 3.27. The van der Waals surface area contributed by atoms with Crippen LogP contribution >= 0.6 is 0 Å². The zero-order valence-electron chi connectivity index (χ0n) is 15.6. The van der Waals surface area contributed by atoms with Crippen molar-refractivity contribution in [2.45, 2.75) is 40.5 Å². The van der Waals surface area contributed by atoms with Gasteiger partial charge in [0, 0.05) is 12.8 Å². The van der Waals surface area contributed by atoms with E-state index in [1.807, 2.05) is 27.7 Å². The Bertz CT molecular complexity index is 553. The summed E-state index contributed by atoms with van der Waals surface area (Å²) in [7, 11) is 2.59. The molecule has 7 nitrogen and oxygen atoms in total. The largest absolute Gasteiger partial charge is 0.469 e. The van der Waals surface area contributed by atoms with Crippen molar-refractivity contribution in [2.75, 3.05) is 14.2 Å². The van der Waals surface area contributed by atoms with Crippen LogP contribution in [0.4, 0.5) is 0 Å². The van der Waals surface area contributed by atoms with Crippen molar-refractivity contribution in [3.63, 3.8) is 0 Å². The first-order valence-electron chi connectivity index (χ1n) is 8.37. The van der Waals surface area contributed by atoms with Gasteiger partial charge >= 0.3 is 23.9 Å². The molecular formula is C18H26O7. The summed E-state index contributed by atoms with van der Waals surface area (Å²) in [4.78, 5) is 47.6. The number of carbonyl (C=O) groups excluding carboxylic acids is 4. The number of ether oxygens (including phenoxy) is 3. The quantitative estimate of drug-likeness (QED) is 0.407. The lowest BCUT2D eigenvalue weighted by Crippen LogP contribution is -2.20. The molecule has 0 amide bonds. The molecule has 0 N–H and O–H groups in total. The molecule has 25 heavy (non-hydrogen) atoms. The molecule has 140 valence electrons. The Balaban J connectivity index is 1.94. The first kappa shape index (κ1) is 19.4. The van der Waals surface area contributed by atoms with Gasteiger partial charge in [0.2, 0.25) is 0 Å². The molecule has 0 spiro atoms. The lowest BCUT2D eigenvalue weighted by atomic mass is 10.1. The van der Waals surface area contributed by atoms with Crippen molar-refractivity contribution >= 4 is 23.9 Å². The Morgan fingerprint density at radius 1 is 0.720 bits per heavy atom. The number of carbonyl (C=O) groups is 4. The average molecular weight is 354 g/mol. The first-order chi connectivity index (χ1) is 11.5. The van der Waals surface area contributed by atoms with Crippen molar-refractivity contribution in [3.8, 4) is 0 Å². The van der Waals surface area contributed by atoms with Crippen LogP contribution in [0.5, 0.6) is 0 Å². The van der Waals surface area contributed by atoms with Gasteiger partial charge in [-0.1, -0.05) is 27.7 Å². The minimum Gasteiger partial charge on any atom is -0.469 e. The van der Waals surface area contributed by atoms with Crippen LogP contribution in [-0.4, -0.2) is 38.1 Å². The molecule has 2 saturated carbocycles. The maximum Gasteiger partial charge on any atom is 0.317 e. The molecule has 2 aliphatic carbocycles. The predicted molar refractivity (Wildman–Crippen MR) is 85.9 cm³/mol. The molecular weight excluding hydrogens is 328 g/mol. The van der Waals surface area contributed by atoms with Gasteiger partial charge in [0.15, 0.2) is 0 Å². The third-order valence-electron chi connectivity index (χ3n) is 6.04. The monoisotopic (exact) mass is 354 g/mol. The lowest BCUT2D eigenvalue weighted by Gasteiger charge is -2.05. The highest BCUT2D eigenvalue weighted by Gasteiger charge is 2.66. The highest BCUT2D eigenvalue weighted by atomic mass is 16.6. The van der Waals surface area contributed by atoms with E-state index in [1.54, 1.807) is 0 Å². The van der Waals surface area contributed by atoms with Gasteiger partial charge in [-0.05, 0) is 22.7 Å². The molecule has 0 bridgehead atoms. The molecule has 0 aliphatic heterocycles. The molecule has 2 fully saturated rings. The van der Waals surface area contributed by atoms with Gasteiger partial charge in [-0.3, -0.25) is 19.2 Å². The minimum absolute atomic E-state index is 0.122. The van der Waals surface area contributed by atoms with Gasteiger partial charge in [0.1, 0.15) is 0 Å². The zero-order chi connectivity index (χ0) is 19.2. The summed E-state index contributed by atoms with van der Waals surface area (Å²) in [6.07, 6.45) is 0.245. The van der Waals surface area contributed by atoms with Crippen molar-refractivity contribution in [1.29, 1.82) is 0 Å². The van der Waals surface area contributed by atoms with E-state index in [9.17, 15) is 19.2 Å². The van der Waals surface area contributed by atoms with Gasteiger partial charge in [0.05, 0.1) is 26.1 Å². The van der Waals surface area contributed by atoms with Crippen LogP contribution in [0.25, 0.3) is 0 Å². The van der Waals surface area contributed by atoms with E-state index in [0.29, 0.717) is 0 Å². The smallest absolute Gasteiger partial charge is 0.317 e. The summed E-state index contributed by atoms with van der Waals surface area (Å²) in [5, 5.41) is 0. The van der Waals surface area contributed by atoms with Crippen LogP contribution in [0, 0.1) is 34.5 Å². The predicted octanol–water partition coefficient (Wildman–Crippen LogP) is 1.73. The third kappa shape index (κ3) is 3.55. The molecule has 0 unspecified atom stereocenters. The molecule has 0 radical (unpaired) electrons. The Morgan fingerprint density at radius 3 is 1.32 bits per heavy atom. The topological polar surface area (TPSA) is 96.0 Å². The maximum atomic E-state index is 12.4. The van der Waals surface area contributed by atoms with Gasteiger partial charge in [0.25, 0.3) is 0 Å². The van der Waals surface area contributed by atoms with Crippen LogP contribution < -0.4 is 0 Å². The van der Waals surface area contributed by atoms with Crippen LogP contribution in [0.2, 0.25) is 0 Å². The molecule has 0 aromatic carbocycles. The molecule has 2 rings (SSSR count). The zero-order valence-corrected chi connectivity index (χ0v) is 15.6. The molecule has 0 heterocycles. The van der Waals surface area contributed by atoms with Gasteiger partial charge < -0.3 is 14.2 Å². The van der Waals surface area contributed by atoms with Crippen molar-refractivity contribution in [3.05, 3.63) is 0 Å². The second kappa shape index (κ2) is 6.42. The van der Waals surface area contributed by atoms with Gasteiger partial charge in [-0.15, -0.1) is 0 Å². The number of hydrogen-bond acceptors (Lipinski definition) is 7. The normalized spacial score (nSPS) is 30.8. The summed E-state index contributed by atoms with van der Waals surface area (Å²) in [6.45, 7) is 7.44. The van der Waals surface area contributed by atoms with Crippen molar-refractivity contribution in [2.24, 2.45) is 34.5 Å². The molecule has 2 aliphatic rings. The Kier molecular flexibility index (Phi) is 4.99. The van der Waals surface area contributed by atoms with E-state index in [2.05, 4.69) is 9.47 Å². The van der Waals surface area contributed by atoms with Crippen molar-refractivity contribution in [1.82, 2.24) is 0 Å². The van der Waals surface area contributed by atoms with Gasteiger partial charge in [-0.2, -0.15) is 0 Å². The Hall–Kier alpha value is -1.92. The SMILES string of the molecule is COC(=O)C[C@@H]1[C@H](C(=O)OC(=O)[C@H]2[C@@H](CC(=O)OC)C2(C)C)C1(C)C. The van der Waals surface area contributed by atoms with Crippen LogP contribution in [0.3, 0.4) is 0 Å². The second-order valence-corrected chi connectivity index (χ2v) is 8.11. The van der Waals surface area contributed by atoms with E-state index < -0.39 is 34.6 Å².